The number of amides is 2. The van der Waals surface area contributed by atoms with Gasteiger partial charge in [-0.3, -0.25) is 19.2 Å². The van der Waals surface area contributed by atoms with Crippen LogP contribution in [-0.4, -0.2) is 45.4 Å². The topological polar surface area (TPSA) is 105 Å². The maximum atomic E-state index is 13.2. The van der Waals surface area contributed by atoms with Crippen LogP contribution in [0.2, 0.25) is 0 Å². The van der Waals surface area contributed by atoms with E-state index >= 15 is 0 Å². The van der Waals surface area contributed by atoms with Crippen molar-refractivity contribution in [3.8, 4) is 0 Å². The van der Waals surface area contributed by atoms with Gasteiger partial charge in [-0.2, -0.15) is 0 Å². The molecule has 0 bridgehead atoms. The van der Waals surface area contributed by atoms with Crippen molar-refractivity contribution in [1.82, 2.24) is 4.90 Å². The molecule has 0 unspecified atom stereocenters. The molecule has 12 heteroatoms. The third-order valence-electron chi connectivity index (χ3n) is 5.42. The van der Waals surface area contributed by atoms with Crippen LogP contribution in [0.5, 0.6) is 0 Å². The van der Waals surface area contributed by atoms with Gasteiger partial charge in [0, 0.05) is 41.0 Å². The number of sulfonamides is 1. The van der Waals surface area contributed by atoms with E-state index in [2.05, 4.69) is 26.0 Å². The Kier molecular flexibility index (Phi) is 8.87. The van der Waals surface area contributed by atoms with Crippen LogP contribution < -0.4 is 10.0 Å². The van der Waals surface area contributed by atoms with Gasteiger partial charge >= 0.3 is 0 Å². The molecule has 1 aliphatic heterocycles. The summed E-state index contributed by atoms with van der Waals surface area (Å²) in [4.78, 5) is 28.4. The Morgan fingerprint density at radius 1 is 0.921 bits per heavy atom. The van der Waals surface area contributed by atoms with Gasteiger partial charge in [-0.25, -0.2) is 12.8 Å². The molecule has 0 aromatic heterocycles. The summed E-state index contributed by atoms with van der Waals surface area (Å²) in [6, 6.07) is 18.1. The van der Waals surface area contributed by atoms with Gasteiger partial charge in [0.25, 0.3) is 21.8 Å². The van der Waals surface area contributed by atoms with E-state index in [1.807, 2.05) is 12.1 Å². The Balaban J connectivity index is 1.55. The lowest BCUT2D eigenvalue weighted by Crippen LogP contribution is -2.33. The van der Waals surface area contributed by atoms with E-state index in [0.29, 0.717) is 23.6 Å². The number of rotatable bonds is 11. The zero-order valence-corrected chi connectivity index (χ0v) is 23.3. The second kappa shape index (κ2) is 12.1. The Bertz CT molecular complexity index is 1460. The highest BCUT2D eigenvalue weighted by molar-refractivity contribution is 9.10. The predicted molar refractivity (Wildman–Crippen MR) is 148 cm³/mol. The number of nitrogens with one attached hydrogen (secondary N) is 2. The maximum absolute atomic E-state index is 13.2. The number of anilines is 2. The van der Waals surface area contributed by atoms with E-state index in [-0.39, 0.29) is 27.7 Å². The highest BCUT2D eigenvalue weighted by Gasteiger charge is 2.38. The number of imide groups is 1. The van der Waals surface area contributed by atoms with E-state index in [9.17, 15) is 22.4 Å². The van der Waals surface area contributed by atoms with Crippen LogP contribution in [0.1, 0.15) is 6.42 Å². The predicted octanol–water partition coefficient (Wildman–Crippen LogP) is 5.21. The van der Waals surface area contributed by atoms with Crippen molar-refractivity contribution in [1.29, 1.82) is 0 Å². The van der Waals surface area contributed by atoms with Crippen LogP contribution in [0.15, 0.2) is 97.7 Å². The molecule has 0 fully saturated rings. The Hall–Kier alpha value is -3.19. The highest BCUT2D eigenvalue weighted by atomic mass is 79.9. The molecule has 2 amide bonds. The number of halogens is 2. The summed E-state index contributed by atoms with van der Waals surface area (Å²) in [6.45, 7) is 0.621. The van der Waals surface area contributed by atoms with Crippen LogP contribution >= 0.6 is 27.7 Å². The zero-order valence-electron chi connectivity index (χ0n) is 20.1. The molecule has 0 atom stereocenters. The molecule has 0 spiro atoms. The van der Waals surface area contributed by atoms with Crippen LogP contribution in [0, 0.1) is 5.82 Å². The number of ether oxygens (including phenoxy) is 1. The first kappa shape index (κ1) is 27.8. The molecule has 2 N–H and O–H groups in total. The standard InChI is InChI=1S/C26H23BrFN3O5S2/c1-36-16-2-15-31-25(32)23(29-19-7-3-17(27)4-8-19)24(26(31)33)37-21-11-9-20(10-12-21)30-38(34,35)22-13-5-18(28)6-14-22/h3-14,29-30H,2,15-16H2,1H3. The number of hydrogen-bond acceptors (Lipinski definition) is 7. The van der Waals surface area contributed by atoms with E-state index in [1.165, 1.54) is 17.0 Å². The Labute approximate surface area is 232 Å². The SMILES string of the molecule is COCCCN1C(=O)C(Nc2ccc(Br)cc2)=C(Sc2ccc(NS(=O)(=O)c3ccc(F)cc3)cc2)C1=O. The van der Waals surface area contributed by atoms with Crippen LogP contribution in [-0.2, 0) is 24.3 Å². The lowest BCUT2D eigenvalue weighted by atomic mass is 10.3. The van der Waals surface area contributed by atoms with Crippen LogP contribution in [0.4, 0.5) is 15.8 Å². The molecule has 0 saturated heterocycles. The monoisotopic (exact) mass is 619 g/mol. The molecule has 0 radical (unpaired) electrons. The molecule has 3 aromatic rings. The van der Waals surface area contributed by atoms with Gasteiger partial charge in [-0.15, -0.1) is 0 Å². The smallest absolute Gasteiger partial charge is 0.278 e. The summed E-state index contributed by atoms with van der Waals surface area (Å²) in [6.07, 6.45) is 0.500. The summed E-state index contributed by atoms with van der Waals surface area (Å²) >= 11 is 4.48. The van der Waals surface area contributed by atoms with Crippen molar-refractivity contribution >= 4 is 60.9 Å². The first-order valence-corrected chi connectivity index (χ1v) is 14.5. The van der Waals surface area contributed by atoms with Gasteiger partial charge in [-0.05, 0) is 79.2 Å². The highest BCUT2D eigenvalue weighted by Crippen LogP contribution is 2.36. The van der Waals surface area contributed by atoms with E-state index < -0.39 is 27.7 Å². The van der Waals surface area contributed by atoms with Crippen molar-refractivity contribution < 1.29 is 27.1 Å². The van der Waals surface area contributed by atoms with Gasteiger partial charge in [0.15, 0.2) is 0 Å². The minimum atomic E-state index is -3.91. The number of thioether (sulfide) groups is 1. The zero-order chi connectivity index (χ0) is 27.3. The normalized spacial score (nSPS) is 13.8. The van der Waals surface area contributed by atoms with Crippen molar-refractivity contribution in [2.24, 2.45) is 0 Å². The molecular formula is C26H23BrFN3O5S2. The first-order chi connectivity index (χ1) is 18.2. The maximum Gasteiger partial charge on any atom is 0.278 e. The molecular weight excluding hydrogens is 597 g/mol. The number of hydrogen-bond donors (Lipinski definition) is 2. The number of carbonyl (C=O) groups excluding carboxylic acids is 2. The molecule has 198 valence electrons. The summed E-state index contributed by atoms with van der Waals surface area (Å²) in [5.74, 6) is -1.39. The summed E-state index contributed by atoms with van der Waals surface area (Å²) < 4.78 is 46.7. The van der Waals surface area contributed by atoms with Gasteiger partial charge in [-0.1, -0.05) is 27.7 Å². The van der Waals surface area contributed by atoms with Gasteiger partial charge in [0.2, 0.25) is 0 Å². The van der Waals surface area contributed by atoms with Crippen molar-refractivity contribution in [3.05, 3.63) is 93.7 Å². The lowest BCUT2D eigenvalue weighted by molar-refractivity contribution is -0.137. The van der Waals surface area contributed by atoms with Gasteiger partial charge in [0.05, 0.1) is 4.90 Å². The van der Waals surface area contributed by atoms with Crippen molar-refractivity contribution in [2.45, 2.75) is 16.2 Å². The van der Waals surface area contributed by atoms with E-state index in [4.69, 9.17) is 4.74 Å². The fourth-order valence-corrected chi connectivity index (χ4v) is 5.81. The molecule has 3 aromatic carbocycles. The third-order valence-corrected chi connectivity index (χ3v) is 8.44. The van der Waals surface area contributed by atoms with E-state index in [0.717, 1.165) is 28.4 Å². The van der Waals surface area contributed by atoms with Crippen LogP contribution in [0.3, 0.4) is 0 Å². The van der Waals surface area contributed by atoms with Crippen LogP contribution in [0.25, 0.3) is 0 Å². The number of benzene rings is 3. The quantitative estimate of drug-likeness (QED) is 0.224. The average molecular weight is 621 g/mol. The Morgan fingerprint density at radius 3 is 2.18 bits per heavy atom. The fourth-order valence-electron chi connectivity index (χ4n) is 3.54. The molecule has 4 rings (SSSR count). The number of methoxy groups -OCH3 is 1. The third kappa shape index (κ3) is 6.62. The molecule has 38 heavy (non-hydrogen) atoms. The average Bonchev–Trinajstić information content (AvgIpc) is 3.10. The fraction of sp³-hybridized carbons (Fsp3) is 0.154. The Morgan fingerprint density at radius 2 is 1.55 bits per heavy atom. The first-order valence-electron chi connectivity index (χ1n) is 11.4. The minimum Gasteiger partial charge on any atom is -0.385 e. The van der Waals surface area contributed by atoms with Crippen molar-refractivity contribution in [3.63, 3.8) is 0 Å². The minimum absolute atomic E-state index is 0.0743. The molecule has 0 aliphatic carbocycles. The van der Waals surface area contributed by atoms with E-state index in [1.54, 1.807) is 43.5 Å². The van der Waals surface area contributed by atoms with Gasteiger partial charge < -0.3 is 10.1 Å². The molecule has 1 aliphatic rings. The largest absolute Gasteiger partial charge is 0.385 e. The van der Waals surface area contributed by atoms with Gasteiger partial charge in [0.1, 0.15) is 16.4 Å². The number of carbonyl (C=O) groups is 2. The summed E-state index contributed by atoms with van der Waals surface area (Å²) in [5, 5.41) is 3.08. The summed E-state index contributed by atoms with van der Waals surface area (Å²) in [7, 11) is -2.36. The molecule has 8 nitrogen and oxygen atoms in total. The second-order valence-electron chi connectivity index (χ2n) is 8.13. The lowest BCUT2D eigenvalue weighted by Gasteiger charge is -2.14. The number of nitrogens with zero attached hydrogens (tertiary/aromatic N) is 1. The summed E-state index contributed by atoms with van der Waals surface area (Å²) in [5.41, 5.74) is 1.10. The second-order valence-corrected chi connectivity index (χ2v) is 11.8. The van der Waals surface area contributed by atoms with Crippen molar-refractivity contribution in [2.75, 3.05) is 30.3 Å². The molecule has 1 heterocycles. The molecule has 0 saturated carbocycles.